The molecule has 0 aliphatic heterocycles. The van der Waals surface area contributed by atoms with E-state index in [0.717, 1.165) is 6.42 Å². The second-order valence-corrected chi connectivity index (χ2v) is 4.55. The molecule has 0 aromatic rings. The number of rotatable bonds is 6. The van der Waals surface area contributed by atoms with Crippen LogP contribution in [0, 0.1) is 11.8 Å². The molecule has 0 aromatic heterocycles. The normalized spacial score (nSPS) is 15.9. The van der Waals surface area contributed by atoms with E-state index in [4.69, 9.17) is 5.73 Å². The van der Waals surface area contributed by atoms with E-state index in [2.05, 4.69) is 26.1 Å². The number of hydrogen-bond donors (Lipinski definition) is 2. The van der Waals surface area contributed by atoms with Gasteiger partial charge in [0.1, 0.15) is 0 Å². The molecule has 0 spiro atoms. The Balaban J connectivity index is 4.34. The second-order valence-electron chi connectivity index (χ2n) is 4.55. The quantitative estimate of drug-likeness (QED) is 0.683. The minimum Gasteiger partial charge on any atom is -0.368 e. The van der Waals surface area contributed by atoms with E-state index >= 15 is 0 Å². The fourth-order valence-electron chi connectivity index (χ4n) is 1.62. The average Bonchev–Trinajstić information content (AvgIpc) is 2.03. The molecule has 0 saturated carbocycles. The predicted octanol–water partition coefficient (Wildman–Crippen LogP) is 1.52. The first kappa shape index (κ1) is 13.4. The summed E-state index contributed by atoms with van der Waals surface area (Å²) < 4.78 is 0. The van der Waals surface area contributed by atoms with Gasteiger partial charge in [-0.3, -0.25) is 4.79 Å². The molecule has 14 heavy (non-hydrogen) atoms. The van der Waals surface area contributed by atoms with Gasteiger partial charge in [-0.05, 0) is 18.3 Å². The summed E-state index contributed by atoms with van der Waals surface area (Å²) in [5, 5.41) is 3.33. The number of nitrogens with two attached hydrogens (primary N) is 1. The highest BCUT2D eigenvalue weighted by Gasteiger charge is 2.23. The SMILES string of the molecule is CCC(NC(C(N)=O)C(C)C)C(C)C. The molecule has 0 rings (SSSR count). The Hall–Kier alpha value is -0.570. The van der Waals surface area contributed by atoms with Crippen molar-refractivity contribution in [2.24, 2.45) is 17.6 Å². The molecule has 1 amide bonds. The molecule has 2 unspecified atom stereocenters. The van der Waals surface area contributed by atoms with Gasteiger partial charge in [0.15, 0.2) is 0 Å². The van der Waals surface area contributed by atoms with Crippen LogP contribution in [-0.4, -0.2) is 18.0 Å². The van der Waals surface area contributed by atoms with Crippen LogP contribution in [0.1, 0.15) is 41.0 Å². The van der Waals surface area contributed by atoms with Gasteiger partial charge < -0.3 is 11.1 Å². The van der Waals surface area contributed by atoms with Gasteiger partial charge in [-0.1, -0.05) is 34.6 Å². The van der Waals surface area contributed by atoms with Crippen LogP contribution in [0.15, 0.2) is 0 Å². The molecule has 0 heterocycles. The van der Waals surface area contributed by atoms with Gasteiger partial charge in [0.2, 0.25) is 5.91 Å². The zero-order valence-electron chi connectivity index (χ0n) is 10.0. The first-order valence-electron chi connectivity index (χ1n) is 5.45. The minimum absolute atomic E-state index is 0.206. The summed E-state index contributed by atoms with van der Waals surface area (Å²) in [6.07, 6.45) is 1.02. The molecule has 0 aliphatic carbocycles. The van der Waals surface area contributed by atoms with Crippen molar-refractivity contribution in [3.63, 3.8) is 0 Å². The zero-order valence-corrected chi connectivity index (χ0v) is 10.0. The van der Waals surface area contributed by atoms with Crippen LogP contribution >= 0.6 is 0 Å². The third-order valence-electron chi connectivity index (χ3n) is 2.61. The maximum atomic E-state index is 11.2. The summed E-state index contributed by atoms with van der Waals surface area (Å²) in [5.74, 6) is 0.528. The molecule has 0 radical (unpaired) electrons. The first-order chi connectivity index (χ1) is 6.40. The summed E-state index contributed by atoms with van der Waals surface area (Å²) >= 11 is 0. The predicted molar refractivity (Wildman–Crippen MR) is 59.9 cm³/mol. The molecule has 0 saturated heterocycles. The Morgan fingerprint density at radius 2 is 1.71 bits per heavy atom. The van der Waals surface area contributed by atoms with Crippen LogP contribution < -0.4 is 11.1 Å². The summed E-state index contributed by atoms with van der Waals surface area (Å²) in [6.45, 7) is 10.4. The second kappa shape index (κ2) is 6.02. The Morgan fingerprint density at radius 3 is 1.93 bits per heavy atom. The van der Waals surface area contributed by atoms with Crippen molar-refractivity contribution >= 4 is 5.91 Å². The van der Waals surface area contributed by atoms with Gasteiger partial charge in [0.05, 0.1) is 6.04 Å². The lowest BCUT2D eigenvalue weighted by Gasteiger charge is -2.27. The molecule has 0 aromatic carbocycles. The molecule has 0 bridgehead atoms. The Morgan fingerprint density at radius 1 is 1.21 bits per heavy atom. The summed E-state index contributed by atoms with van der Waals surface area (Å²) in [5.41, 5.74) is 5.34. The molecule has 3 nitrogen and oxygen atoms in total. The van der Waals surface area contributed by atoms with Gasteiger partial charge in [0.25, 0.3) is 0 Å². The number of hydrogen-bond acceptors (Lipinski definition) is 2. The standard InChI is InChI=1S/C11H24N2O/c1-6-9(7(2)3)13-10(8(4)5)11(12)14/h7-10,13H,6H2,1-5H3,(H2,12,14). The van der Waals surface area contributed by atoms with Crippen molar-refractivity contribution in [3.05, 3.63) is 0 Å². The Bertz CT molecular complexity index is 178. The smallest absolute Gasteiger partial charge is 0.234 e. The van der Waals surface area contributed by atoms with Crippen molar-refractivity contribution in [2.75, 3.05) is 0 Å². The molecule has 0 aliphatic rings. The van der Waals surface area contributed by atoms with Crippen LogP contribution in [0.5, 0.6) is 0 Å². The topological polar surface area (TPSA) is 55.1 Å². The van der Waals surface area contributed by atoms with Crippen LogP contribution in [-0.2, 0) is 4.79 Å². The number of amides is 1. The highest BCUT2D eigenvalue weighted by atomic mass is 16.1. The maximum Gasteiger partial charge on any atom is 0.234 e. The lowest BCUT2D eigenvalue weighted by atomic mass is 9.97. The molecule has 0 fully saturated rings. The molecule has 3 N–H and O–H groups in total. The van der Waals surface area contributed by atoms with E-state index < -0.39 is 0 Å². The van der Waals surface area contributed by atoms with E-state index in [1.807, 2.05) is 13.8 Å². The fourth-order valence-corrected chi connectivity index (χ4v) is 1.62. The highest BCUT2D eigenvalue weighted by Crippen LogP contribution is 2.10. The van der Waals surface area contributed by atoms with Crippen molar-refractivity contribution in [1.29, 1.82) is 0 Å². The summed E-state index contributed by atoms with van der Waals surface area (Å²) in [6, 6.07) is 0.164. The fraction of sp³-hybridized carbons (Fsp3) is 0.909. The highest BCUT2D eigenvalue weighted by molar-refractivity contribution is 5.80. The lowest BCUT2D eigenvalue weighted by molar-refractivity contribution is -0.121. The number of nitrogens with one attached hydrogen (secondary N) is 1. The van der Waals surface area contributed by atoms with Crippen molar-refractivity contribution in [3.8, 4) is 0 Å². The van der Waals surface area contributed by atoms with Crippen LogP contribution in [0.25, 0.3) is 0 Å². The molecule has 2 atom stereocenters. The lowest BCUT2D eigenvalue weighted by Crippen LogP contribution is -2.50. The largest absolute Gasteiger partial charge is 0.368 e. The maximum absolute atomic E-state index is 11.2. The van der Waals surface area contributed by atoms with Crippen LogP contribution in [0.4, 0.5) is 0 Å². The molecular formula is C11H24N2O. The number of carbonyl (C=O) groups excluding carboxylic acids is 1. The van der Waals surface area contributed by atoms with Gasteiger partial charge in [-0.2, -0.15) is 0 Å². The van der Waals surface area contributed by atoms with Gasteiger partial charge in [0, 0.05) is 6.04 Å². The zero-order chi connectivity index (χ0) is 11.3. The first-order valence-corrected chi connectivity index (χ1v) is 5.45. The monoisotopic (exact) mass is 200 g/mol. The van der Waals surface area contributed by atoms with Gasteiger partial charge >= 0.3 is 0 Å². The van der Waals surface area contributed by atoms with Crippen molar-refractivity contribution in [1.82, 2.24) is 5.32 Å². The number of primary amides is 1. The minimum atomic E-state index is -0.251. The Kier molecular flexibility index (Phi) is 5.77. The third-order valence-corrected chi connectivity index (χ3v) is 2.61. The van der Waals surface area contributed by atoms with Crippen molar-refractivity contribution in [2.45, 2.75) is 53.1 Å². The molecular weight excluding hydrogens is 176 g/mol. The van der Waals surface area contributed by atoms with Gasteiger partial charge in [-0.15, -0.1) is 0 Å². The molecule has 3 heteroatoms. The summed E-state index contributed by atoms with van der Waals surface area (Å²) in [7, 11) is 0. The average molecular weight is 200 g/mol. The summed E-state index contributed by atoms with van der Waals surface area (Å²) in [4.78, 5) is 11.2. The van der Waals surface area contributed by atoms with E-state index in [1.54, 1.807) is 0 Å². The number of carbonyl (C=O) groups is 1. The van der Waals surface area contributed by atoms with Crippen LogP contribution in [0.3, 0.4) is 0 Å². The van der Waals surface area contributed by atoms with Gasteiger partial charge in [-0.25, -0.2) is 0 Å². The van der Waals surface area contributed by atoms with E-state index in [1.165, 1.54) is 0 Å². The van der Waals surface area contributed by atoms with E-state index in [0.29, 0.717) is 12.0 Å². The van der Waals surface area contributed by atoms with E-state index in [-0.39, 0.29) is 17.9 Å². The van der Waals surface area contributed by atoms with E-state index in [9.17, 15) is 4.79 Å². The third kappa shape index (κ3) is 4.09. The van der Waals surface area contributed by atoms with Crippen molar-refractivity contribution < 1.29 is 4.79 Å². The Labute approximate surface area is 87.4 Å². The van der Waals surface area contributed by atoms with Crippen LogP contribution in [0.2, 0.25) is 0 Å². The molecule has 84 valence electrons.